The number of ether oxygens (including phenoxy) is 1. The molecule has 0 spiro atoms. The fourth-order valence-electron chi connectivity index (χ4n) is 3.62. The molecule has 1 unspecified atom stereocenters. The van der Waals surface area contributed by atoms with E-state index in [-0.39, 0.29) is 17.7 Å². The highest BCUT2D eigenvalue weighted by atomic mass is 16.6. The fraction of sp³-hybridized carbons (Fsp3) is 0.120. The van der Waals surface area contributed by atoms with E-state index in [1.165, 1.54) is 19.2 Å². The highest BCUT2D eigenvalue weighted by Gasteiger charge is 2.60. The van der Waals surface area contributed by atoms with Crippen molar-refractivity contribution in [1.82, 2.24) is 4.90 Å². The van der Waals surface area contributed by atoms with Crippen LogP contribution in [0.3, 0.4) is 0 Å². The molecular weight excluding hydrogens is 408 g/mol. The molecule has 0 bridgehead atoms. The Morgan fingerprint density at radius 3 is 1.91 bits per heavy atom. The lowest BCUT2D eigenvalue weighted by Gasteiger charge is -2.42. The van der Waals surface area contributed by atoms with Crippen LogP contribution < -0.4 is 4.90 Å². The summed E-state index contributed by atoms with van der Waals surface area (Å²) in [6, 6.07) is 24.2. The minimum absolute atomic E-state index is 0.186. The highest BCUT2D eigenvalue weighted by Crippen LogP contribution is 2.32. The van der Waals surface area contributed by atoms with Gasteiger partial charge in [0.05, 0.1) is 11.3 Å². The number of nitrogens with zero attached hydrogens (tertiary/aromatic N) is 2. The van der Waals surface area contributed by atoms with Crippen molar-refractivity contribution >= 4 is 29.5 Å². The number of rotatable bonds is 5. The van der Waals surface area contributed by atoms with Gasteiger partial charge < -0.3 is 4.74 Å². The van der Waals surface area contributed by atoms with Gasteiger partial charge in [-0.25, -0.2) is 14.5 Å². The fourth-order valence-corrected chi connectivity index (χ4v) is 3.62. The van der Waals surface area contributed by atoms with E-state index in [0.717, 1.165) is 9.80 Å². The average molecular weight is 428 g/mol. The molecule has 0 aromatic heterocycles. The van der Waals surface area contributed by atoms with Gasteiger partial charge in [-0.05, 0) is 29.8 Å². The molecule has 4 amide bonds. The summed E-state index contributed by atoms with van der Waals surface area (Å²) in [7, 11) is 1.27. The first-order valence-electron chi connectivity index (χ1n) is 9.98. The third-order valence-corrected chi connectivity index (χ3v) is 5.26. The number of carbonyl (C=O) groups excluding carboxylic acids is 4. The Bertz CT molecular complexity index is 1160. The van der Waals surface area contributed by atoms with Gasteiger partial charge in [0, 0.05) is 13.5 Å². The van der Waals surface area contributed by atoms with Crippen LogP contribution in [0.4, 0.5) is 10.5 Å². The first-order valence-corrected chi connectivity index (χ1v) is 9.98. The second-order valence-electron chi connectivity index (χ2n) is 7.37. The van der Waals surface area contributed by atoms with Crippen LogP contribution in [0.1, 0.15) is 15.9 Å². The average Bonchev–Trinajstić information content (AvgIpc) is 2.83. The van der Waals surface area contributed by atoms with Crippen molar-refractivity contribution in [2.45, 2.75) is 12.0 Å². The van der Waals surface area contributed by atoms with Crippen molar-refractivity contribution in [3.63, 3.8) is 0 Å². The minimum Gasteiger partial charge on any atom is -0.435 e. The van der Waals surface area contributed by atoms with Gasteiger partial charge in [-0.15, -0.1) is 0 Å². The SMILES string of the molecule is CN1C(=O)N(c2ccccc2)C(=O)C(Cc2ccccc2)(OC(=O)c2ccccc2)C1=O. The second kappa shape index (κ2) is 8.47. The van der Waals surface area contributed by atoms with Gasteiger partial charge in [-0.2, -0.15) is 0 Å². The molecule has 1 saturated heterocycles. The van der Waals surface area contributed by atoms with Crippen molar-refractivity contribution in [3.8, 4) is 0 Å². The molecule has 32 heavy (non-hydrogen) atoms. The Kier molecular flexibility index (Phi) is 5.55. The molecule has 160 valence electrons. The molecule has 0 radical (unpaired) electrons. The third-order valence-electron chi connectivity index (χ3n) is 5.26. The Morgan fingerprint density at radius 2 is 1.31 bits per heavy atom. The number of likely N-dealkylation sites (N-methyl/N-ethyl adjacent to an activating group) is 1. The molecule has 0 saturated carbocycles. The zero-order valence-electron chi connectivity index (χ0n) is 17.3. The molecule has 1 atom stereocenters. The number of esters is 1. The molecule has 3 aromatic carbocycles. The van der Waals surface area contributed by atoms with E-state index in [9.17, 15) is 19.2 Å². The van der Waals surface area contributed by atoms with Crippen molar-refractivity contribution in [2.24, 2.45) is 0 Å². The summed E-state index contributed by atoms with van der Waals surface area (Å²) in [4.78, 5) is 54.7. The summed E-state index contributed by atoms with van der Waals surface area (Å²) < 4.78 is 5.69. The minimum atomic E-state index is -2.24. The van der Waals surface area contributed by atoms with E-state index < -0.39 is 29.4 Å². The van der Waals surface area contributed by atoms with Crippen LogP contribution in [0, 0.1) is 0 Å². The summed E-state index contributed by atoms with van der Waals surface area (Å²) in [6.07, 6.45) is -0.217. The van der Waals surface area contributed by atoms with Crippen molar-refractivity contribution in [3.05, 3.63) is 102 Å². The number of hydrogen-bond acceptors (Lipinski definition) is 5. The second-order valence-corrected chi connectivity index (χ2v) is 7.37. The number of para-hydroxylation sites is 1. The summed E-state index contributed by atoms with van der Waals surface area (Å²) >= 11 is 0. The number of anilines is 1. The number of urea groups is 1. The Hall–Kier alpha value is -4.26. The maximum atomic E-state index is 13.8. The van der Waals surface area contributed by atoms with E-state index in [2.05, 4.69) is 0 Å². The lowest BCUT2D eigenvalue weighted by molar-refractivity contribution is -0.160. The molecule has 0 aliphatic carbocycles. The van der Waals surface area contributed by atoms with E-state index >= 15 is 0 Å². The van der Waals surface area contributed by atoms with Crippen molar-refractivity contribution in [1.29, 1.82) is 0 Å². The van der Waals surface area contributed by atoms with Crippen molar-refractivity contribution < 1.29 is 23.9 Å². The Balaban J connectivity index is 1.84. The van der Waals surface area contributed by atoms with Crippen LogP contribution >= 0.6 is 0 Å². The summed E-state index contributed by atoms with van der Waals surface area (Å²) in [5.74, 6) is -2.64. The molecule has 3 aromatic rings. The highest BCUT2D eigenvalue weighted by molar-refractivity contribution is 6.32. The summed E-state index contributed by atoms with van der Waals surface area (Å²) in [6.45, 7) is 0. The molecule has 1 heterocycles. The van der Waals surface area contributed by atoms with E-state index in [1.54, 1.807) is 78.9 Å². The topological polar surface area (TPSA) is 84.0 Å². The van der Waals surface area contributed by atoms with Crippen LogP contribution in [-0.4, -0.2) is 41.4 Å². The molecule has 1 aliphatic heterocycles. The number of benzene rings is 3. The van der Waals surface area contributed by atoms with Crippen LogP contribution in [0.5, 0.6) is 0 Å². The van der Waals surface area contributed by atoms with Crippen LogP contribution in [0.2, 0.25) is 0 Å². The molecule has 1 fully saturated rings. The smallest absolute Gasteiger partial charge is 0.339 e. The summed E-state index contributed by atoms with van der Waals surface area (Å²) in [5, 5.41) is 0. The lowest BCUT2D eigenvalue weighted by atomic mass is 9.89. The van der Waals surface area contributed by atoms with Crippen LogP contribution in [0.25, 0.3) is 0 Å². The van der Waals surface area contributed by atoms with Crippen LogP contribution in [0.15, 0.2) is 91.0 Å². The van der Waals surface area contributed by atoms with Gasteiger partial charge in [0.2, 0.25) is 0 Å². The zero-order chi connectivity index (χ0) is 22.7. The lowest BCUT2D eigenvalue weighted by Crippen LogP contribution is -2.70. The van der Waals surface area contributed by atoms with E-state index in [1.807, 2.05) is 0 Å². The quantitative estimate of drug-likeness (QED) is 0.459. The zero-order valence-corrected chi connectivity index (χ0v) is 17.3. The first-order chi connectivity index (χ1) is 15.4. The number of amides is 4. The van der Waals surface area contributed by atoms with Gasteiger partial charge in [-0.1, -0.05) is 66.7 Å². The number of imide groups is 2. The number of carbonyl (C=O) groups is 4. The normalized spacial score (nSPS) is 18.6. The van der Waals surface area contributed by atoms with Gasteiger partial charge in [0.25, 0.3) is 17.4 Å². The predicted molar refractivity (Wildman–Crippen MR) is 117 cm³/mol. The molecule has 4 rings (SSSR count). The van der Waals surface area contributed by atoms with E-state index in [0.29, 0.717) is 5.56 Å². The first kappa shape index (κ1) is 21.0. The predicted octanol–water partition coefficient (Wildman–Crippen LogP) is 3.45. The molecule has 7 nitrogen and oxygen atoms in total. The number of hydrogen-bond donors (Lipinski definition) is 0. The molecule has 0 N–H and O–H groups in total. The Morgan fingerprint density at radius 1 is 0.781 bits per heavy atom. The van der Waals surface area contributed by atoms with Gasteiger partial charge >= 0.3 is 12.0 Å². The molecule has 7 heteroatoms. The van der Waals surface area contributed by atoms with Gasteiger partial charge in [0.1, 0.15) is 0 Å². The summed E-state index contributed by atoms with van der Waals surface area (Å²) in [5.41, 5.74) is -1.18. The van der Waals surface area contributed by atoms with Gasteiger partial charge in [0.15, 0.2) is 0 Å². The molecular formula is C25H20N2O5. The standard InChI is InChI=1S/C25H20N2O5/c1-26-22(29)25(17-18-11-5-2-6-12-18,32-21(28)19-13-7-3-8-14-19)23(30)27(24(26)31)20-15-9-4-10-16-20/h2-16H,17H2,1H3. The van der Waals surface area contributed by atoms with Gasteiger partial charge in [-0.3, -0.25) is 14.5 Å². The van der Waals surface area contributed by atoms with Crippen molar-refractivity contribution in [2.75, 3.05) is 11.9 Å². The monoisotopic (exact) mass is 428 g/mol. The largest absolute Gasteiger partial charge is 0.435 e. The van der Waals surface area contributed by atoms with E-state index in [4.69, 9.17) is 4.74 Å². The molecule has 1 aliphatic rings. The number of barbiturate groups is 1. The maximum absolute atomic E-state index is 13.8. The Labute approximate surface area is 184 Å². The maximum Gasteiger partial charge on any atom is 0.339 e. The van der Waals surface area contributed by atoms with Crippen LogP contribution in [-0.2, 0) is 20.7 Å². The third kappa shape index (κ3) is 3.65.